The molecular formula is C20H28F3N3O3. The van der Waals surface area contributed by atoms with E-state index in [0.29, 0.717) is 5.56 Å². The molecule has 1 saturated carbocycles. The summed E-state index contributed by atoms with van der Waals surface area (Å²) >= 11 is 0. The van der Waals surface area contributed by atoms with Crippen LogP contribution in [-0.2, 0) is 4.79 Å². The molecule has 9 heteroatoms. The van der Waals surface area contributed by atoms with Crippen LogP contribution in [0.2, 0.25) is 0 Å². The minimum atomic E-state index is -4.53. The number of aromatic nitrogens is 1. The molecule has 0 saturated heterocycles. The van der Waals surface area contributed by atoms with Gasteiger partial charge in [0.15, 0.2) is 6.10 Å². The lowest BCUT2D eigenvalue weighted by Crippen LogP contribution is -2.53. The van der Waals surface area contributed by atoms with Crippen molar-refractivity contribution in [2.24, 2.45) is 5.41 Å². The monoisotopic (exact) mass is 415 g/mol. The lowest BCUT2D eigenvalue weighted by atomic mass is 9.85. The van der Waals surface area contributed by atoms with Gasteiger partial charge < -0.3 is 15.0 Å². The normalized spacial score (nSPS) is 16.7. The molecule has 0 aliphatic heterocycles. The van der Waals surface area contributed by atoms with Crippen molar-refractivity contribution in [3.05, 3.63) is 23.5 Å². The summed E-state index contributed by atoms with van der Waals surface area (Å²) < 4.78 is 44.0. The Kier molecular flexibility index (Phi) is 6.49. The fraction of sp³-hybridized carbons (Fsp3) is 0.650. The van der Waals surface area contributed by atoms with Crippen molar-refractivity contribution in [1.82, 2.24) is 15.2 Å². The smallest absolute Gasteiger partial charge is 0.425 e. The Hall–Kier alpha value is -2.32. The second-order valence-corrected chi connectivity index (χ2v) is 8.69. The molecular weight excluding hydrogens is 387 g/mol. The highest BCUT2D eigenvalue weighted by Gasteiger charge is 2.40. The molecule has 1 N–H and O–H groups in total. The highest BCUT2D eigenvalue weighted by Crippen LogP contribution is 2.44. The average molecular weight is 415 g/mol. The number of hydrogen-bond acceptors (Lipinski definition) is 4. The molecule has 29 heavy (non-hydrogen) atoms. The molecule has 1 aliphatic rings. The van der Waals surface area contributed by atoms with Crippen molar-refractivity contribution in [3.8, 4) is 5.75 Å². The first-order chi connectivity index (χ1) is 13.2. The maximum atomic E-state index is 12.9. The largest absolute Gasteiger partial charge is 0.481 e. The molecule has 0 aromatic carbocycles. The first kappa shape index (κ1) is 23.0. The van der Waals surface area contributed by atoms with E-state index >= 15 is 0 Å². The van der Waals surface area contributed by atoms with Gasteiger partial charge in [-0.2, -0.15) is 13.2 Å². The van der Waals surface area contributed by atoms with Crippen LogP contribution in [0, 0.1) is 5.41 Å². The Labute approximate surface area is 168 Å². The highest BCUT2D eigenvalue weighted by atomic mass is 19.4. The molecule has 162 valence electrons. The number of pyridine rings is 1. The molecule has 2 unspecified atom stereocenters. The average Bonchev–Trinajstić information content (AvgIpc) is 3.41. The van der Waals surface area contributed by atoms with Crippen LogP contribution in [0.5, 0.6) is 5.75 Å². The predicted molar refractivity (Wildman–Crippen MR) is 102 cm³/mol. The molecule has 2 rings (SSSR count). The molecule has 1 fully saturated rings. The third-order valence-electron chi connectivity index (χ3n) is 4.74. The summed E-state index contributed by atoms with van der Waals surface area (Å²) in [5.74, 6) is -0.842. The Morgan fingerprint density at radius 3 is 2.28 bits per heavy atom. The number of nitrogens with zero attached hydrogens (tertiary/aromatic N) is 2. The van der Waals surface area contributed by atoms with Crippen LogP contribution in [0.25, 0.3) is 0 Å². The minimum absolute atomic E-state index is 0.00344. The summed E-state index contributed by atoms with van der Waals surface area (Å²) in [7, 11) is 3.17. The zero-order valence-corrected chi connectivity index (χ0v) is 17.6. The van der Waals surface area contributed by atoms with Crippen LogP contribution in [0.1, 0.15) is 62.5 Å². The summed E-state index contributed by atoms with van der Waals surface area (Å²) in [5, 5.41) is 2.66. The fourth-order valence-electron chi connectivity index (χ4n) is 2.74. The summed E-state index contributed by atoms with van der Waals surface area (Å²) in [6.45, 7) is 6.34. The fourth-order valence-corrected chi connectivity index (χ4v) is 2.74. The number of carbonyl (C=O) groups is 2. The van der Waals surface area contributed by atoms with Gasteiger partial charge in [0.05, 0.1) is 0 Å². The van der Waals surface area contributed by atoms with Crippen molar-refractivity contribution < 1.29 is 27.5 Å². The number of hydrogen-bond donors (Lipinski definition) is 1. The highest BCUT2D eigenvalue weighted by molar-refractivity contribution is 5.96. The first-order valence-corrected chi connectivity index (χ1v) is 9.47. The summed E-state index contributed by atoms with van der Waals surface area (Å²) in [6, 6.07) is 0.402. The molecule has 0 bridgehead atoms. The summed E-state index contributed by atoms with van der Waals surface area (Å²) in [5.41, 5.74) is -0.108. The molecule has 6 nitrogen and oxygen atoms in total. The zero-order valence-electron chi connectivity index (χ0n) is 17.6. The van der Waals surface area contributed by atoms with Gasteiger partial charge in [-0.15, -0.1) is 0 Å². The van der Waals surface area contributed by atoms with Crippen LogP contribution >= 0.6 is 0 Å². The van der Waals surface area contributed by atoms with Crippen molar-refractivity contribution in [1.29, 1.82) is 0 Å². The van der Waals surface area contributed by atoms with E-state index in [9.17, 15) is 22.8 Å². The van der Waals surface area contributed by atoms with Crippen LogP contribution in [0.15, 0.2) is 12.3 Å². The van der Waals surface area contributed by atoms with E-state index < -0.39 is 29.6 Å². The topological polar surface area (TPSA) is 71.5 Å². The Morgan fingerprint density at radius 1 is 1.24 bits per heavy atom. The van der Waals surface area contributed by atoms with Gasteiger partial charge in [0.2, 0.25) is 5.91 Å². The Bertz CT molecular complexity index is 768. The Balaban J connectivity index is 2.30. The quantitative estimate of drug-likeness (QED) is 0.772. The van der Waals surface area contributed by atoms with E-state index in [1.807, 2.05) is 20.8 Å². The number of rotatable bonds is 6. The van der Waals surface area contributed by atoms with Crippen LogP contribution < -0.4 is 10.1 Å². The van der Waals surface area contributed by atoms with Gasteiger partial charge >= 0.3 is 6.18 Å². The van der Waals surface area contributed by atoms with E-state index in [1.54, 1.807) is 14.1 Å². The van der Waals surface area contributed by atoms with Gasteiger partial charge in [-0.25, -0.2) is 0 Å². The van der Waals surface area contributed by atoms with Crippen LogP contribution in [0.4, 0.5) is 13.2 Å². The van der Waals surface area contributed by atoms with E-state index in [0.717, 1.165) is 19.8 Å². The van der Waals surface area contributed by atoms with E-state index in [4.69, 9.17) is 4.74 Å². The van der Waals surface area contributed by atoms with Crippen molar-refractivity contribution >= 4 is 11.8 Å². The lowest BCUT2D eigenvalue weighted by Gasteiger charge is -2.32. The van der Waals surface area contributed by atoms with Crippen LogP contribution in [-0.4, -0.2) is 54.1 Å². The van der Waals surface area contributed by atoms with Gasteiger partial charge in [0.25, 0.3) is 5.91 Å². The maximum Gasteiger partial charge on any atom is 0.425 e. The third kappa shape index (κ3) is 5.83. The Morgan fingerprint density at radius 2 is 1.83 bits per heavy atom. The number of nitrogens with one attached hydrogen (secondary N) is 1. The first-order valence-electron chi connectivity index (χ1n) is 9.47. The summed E-state index contributed by atoms with van der Waals surface area (Å²) in [6.07, 6.45) is -3.47. The van der Waals surface area contributed by atoms with Crippen LogP contribution in [0.3, 0.4) is 0 Å². The van der Waals surface area contributed by atoms with Gasteiger partial charge in [-0.1, -0.05) is 20.8 Å². The number of alkyl halides is 3. The molecule has 2 atom stereocenters. The number of likely N-dealkylation sites (N-methyl/N-ethyl adjacent to an activating group) is 1. The summed E-state index contributed by atoms with van der Waals surface area (Å²) in [4.78, 5) is 30.7. The van der Waals surface area contributed by atoms with Gasteiger partial charge in [-0.3, -0.25) is 14.6 Å². The molecule has 0 spiro atoms. The standard InChI is InChI=1S/C20H28F3N3O3/c1-11(20(21,22)23)29-15-9-14(24-10-13(15)12-7-8-12)17(27)25-16(19(2,3)4)18(28)26(5)6/h9-12,16H,7-8H2,1-6H3,(H,25,27). The molecule has 0 radical (unpaired) electrons. The number of amides is 2. The predicted octanol–water partition coefficient (Wildman–Crippen LogP) is 3.52. The van der Waals surface area contributed by atoms with Crippen molar-refractivity contribution in [2.75, 3.05) is 14.1 Å². The van der Waals surface area contributed by atoms with E-state index in [2.05, 4.69) is 10.3 Å². The third-order valence-corrected chi connectivity index (χ3v) is 4.74. The van der Waals surface area contributed by atoms with E-state index in [1.165, 1.54) is 17.2 Å². The number of carbonyl (C=O) groups excluding carboxylic acids is 2. The second kappa shape index (κ2) is 8.20. The van der Waals surface area contributed by atoms with E-state index in [-0.39, 0.29) is 23.3 Å². The minimum Gasteiger partial charge on any atom is -0.481 e. The van der Waals surface area contributed by atoms with Crippen molar-refractivity contribution in [3.63, 3.8) is 0 Å². The molecule has 1 aromatic heterocycles. The SMILES string of the molecule is CC(Oc1cc(C(=O)NC(C(=O)N(C)C)C(C)(C)C)ncc1C1CC1)C(F)(F)F. The van der Waals surface area contributed by atoms with Gasteiger partial charge in [0.1, 0.15) is 17.5 Å². The number of halogens is 3. The van der Waals surface area contributed by atoms with Crippen molar-refractivity contribution in [2.45, 2.75) is 64.8 Å². The van der Waals surface area contributed by atoms with Gasteiger partial charge in [0, 0.05) is 31.9 Å². The molecule has 2 amide bonds. The molecule has 1 aliphatic carbocycles. The lowest BCUT2D eigenvalue weighted by molar-refractivity contribution is -0.189. The number of ether oxygens (including phenoxy) is 1. The second-order valence-electron chi connectivity index (χ2n) is 8.69. The van der Waals surface area contributed by atoms with Gasteiger partial charge in [-0.05, 0) is 31.1 Å². The molecule has 1 aromatic rings. The molecule has 1 heterocycles. The zero-order chi connectivity index (χ0) is 22.1. The maximum absolute atomic E-state index is 12.9.